The van der Waals surface area contributed by atoms with Gasteiger partial charge < -0.3 is 9.47 Å². The van der Waals surface area contributed by atoms with Gasteiger partial charge in [-0.25, -0.2) is 0 Å². The minimum Gasteiger partial charge on any atom is -0.347 e. The van der Waals surface area contributed by atoms with E-state index in [2.05, 4.69) is 43.1 Å². The first-order valence-corrected chi connectivity index (χ1v) is 10.9. The monoisotopic (exact) mass is 373 g/mol. The van der Waals surface area contributed by atoms with Crippen molar-refractivity contribution in [3.8, 4) is 10.4 Å². The van der Waals surface area contributed by atoms with Gasteiger partial charge in [-0.3, -0.25) is 4.98 Å². The van der Waals surface area contributed by atoms with Crippen molar-refractivity contribution in [1.82, 2.24) is 4.98 Å². The Balaban J connectivity index is 1.51. The maximum atomic E-state index is 6.01. The summed E-state index contributed by atoms with van der Waals surface area (Å²) in [5, 5.41) is 0. The highest BCUT2D eigenvalue weighted by atomic mass is 32.1. The highest BCUT2D eigenvalue weighted by Crippen LogP contribution is 2.35. The largest absolute Gasteiger partial charge is 0.347 e. The molecule has 142 valence electrons. The predicted molar refractivity (Wildman–Crippen MR) is 108 cm³/mol. The van der Waals surface area contributed by atoms with Gasteiger partial charge in [0.2, 0.25) is 0 Å². The van der Waals surface area contributed by atoms with Crippen LogP contribution in [0.15, 0.2) is 30.5 Å². The van der Waals surface area contributed by atoms with Gasteiger partial charge in [0, 0.05) is 28.2 Å². The summed E-state index contributed by atoms with van der Waals surface area (Å²) in [4.78, 5) is 6.94. The molecule has 1 aliphatic rings. The molecule has 1 fully saturated rings. The molecule has 26 heavy (non-hydrogen) atoms. The van der Waals surface area contributed by atoms with Crippen molar-refractivity contribution in [2.45, 2.75) is 65.1 Å². The molecule has 2 aromatic rings. The van der Waals surface area contributed by atoms with Crippen molar-refractivity contribution in [2.24, 2.45) is 5.92 Å². The molecule has 1 aliphatic heterocycles. The predicted octanol–water partition coefficient (Wildman–Crippen LogP) is 6.39. The molecule has 0 atom stereocenters. The van der Waals surface area contributed by atoms with Crippen molar-refractivity contribution < 1.29 is 9.47 Å². The Kier molecular flexibility index (Phi) is 7.66. The normalized spacial score (nSPS) is 20.4. The smallest absolute Gasteiger partial charge is 0.193 e. The molecular weight excluding hydrogens is 342 g/mol. The Morgan fingerprint density at radius 2 is 1.85 bits per heavy atom. The third kappa shape index (κ3) is 5.38. The van der Waals surface area contributed by atoms with Gasteiger partial charge in [0.05, 0.1) is 18.1 Å². The third-order valence-corrected chi connectivity index (χ3v) is 6.06. The second-order valence-corrected chi connectivity index (χ2v) is 8.32. The maximum absolute atomic E-state index is 6.01. The first-order chi connectivity index (χ1) is 12.8. The summed E-state index contributed by atoms with van der Waals surface area (Å²) < 4.78 is 12.0. The lowest BCUT2D eigenvalue weighted by Gasteiger charge is -2.28. The van der Waals surface area contributed by atoms with Crippen LogP contribution in [0.25, 0.3) is 10.4 Å². The van der Waals surface area contributed by atoms with Gasteiger partial charge in [-0.1, -0.05) is 52.0 Å². The fraction of sp³-hybridized carbons (Fsp3) is 0.591. The molecule has 0 saturated carbocycles. The Bertz CT molecular complexity index is 644. The first kappa shape index (κ1) is 19.5. The number of thiophene rings is 1. The van der Waals surface area contributed by atoms with Crippen molar-refractivity contribution in [3.05, 3.63) is 41.0 Å². The summed E-state index contributed by atoms with van der Waals surface area (Å²) in [6, 6.07) is 8.59. The van der Waals surface area contributed by atoms with E-state index >= 15 is 0 Å². The second-order valence-electron chi connectivity index (χ2n) is 7.20. The highest BCUT2D eigenvalue weighted by Gasteiger charge is 2.24. The molecule has 4 heteroatoms. The zero-order chi connectivity index (χ0) is 18.2. The van der Waals surface area contributed by atoms with Crippen molar-refractivity contribution in [2.75, 3.05) is 13.2 Å². The number of aromatic nitrogens is 1. The number of hydrogen-bond acceptors (Lipinski definition) is 4. The molecular formula is C22H31NO2S. The van der Waals surface area contributed by atoms with Gasteiger partial charge in [0.25, 0.3) is 0 Å². The van der Waals surface area contributed by atoms with Gasteiger partial charge in [-0.05, 0) is 31.0 Å². The van der Waals surface area contributed by atoms with Gasteiger partial charge in [-0.2, -0.15) is 0 Å². The molecule has 0 unspecified atom stereocenters. The van der Waals surface area contributed by atoms with E-state index in [4.69, 9.17) is 9.47 Å². The van der Waals surface area contributed by atoms with Crippen LogP contribution < -0.4 is 0 Å². The van der Waals surface area contributed by atoms with E-state index in [9.17, 15) is 0 Å². The van der Waals surface area contributed by atoms with Crippen LogP contribution >= 0.6 is 11.3 Å². The standard InChI is InChI=1S/C22H31NO2S/c1-3-5-6-7-9-17-15-24-22(25-16-17)21-13-12-20(26-21)18-10-11-19(8-4-2)23-14-18/h10-14,17,22H,3-9,15-16H2,1-2H3. The fourth-order valence-corrected chi connectivity index (χ4v) is 4.34. The van der Waals surface area contributed by atoms with Gasteiger partial charge in [0.1, 0.15) is 0 Å². The second kappa shape index (κ2) is 10.2. The SMILES string of the molecule is CCCCCCC1COC(c2ccc(-c3ccc(CCC)nc3)s2)OC1. The van der Waals surface area contributed by atoms with Crippen LogP contribution in [0, 0.1) is 5.92 Å². The van der Waals surface area contributed by atoms with E-state index in [0.717, 1.165) is 36.6 Å². The van der Waals surface area contributed by atoms with E-state index in [1.807, 2.05) is 6.20 Å². The Morgan fingerprint density at radius 1 is 1.00 bits per heavy atom. The zero-order valence-electron chi connectivity index (χ0n) is 16.1. The van der Waals surface area contributed by atoms with Crippen LogP contribution in [0.2, 0.25) is 0 Å². The molecule has 0 radical (unpaired) electrons. The quantitative estimate of drug-likeness (QED) is 0.477. The molecule has 3 heterocycles. The van der Waals surface area contributed by atoms with Gasteiger partial charge in [-0.15, -0.1) is 11.3 Å². The molecule has 0 bridgehead atoms. The van der Waals surface area contributed by atoms with Crippen LogP contribution in [0.3, 0.4) is 0 Å². The summed E-state index contributed by atoms with van der Waals surface area (Å²) in [7, 11) is 0. The van der Waals surface area contributed by atoms with E-state index < -0.39 is 0 Å². The van der Waals surface area contributed by atoms with Crippen molar-refractivity contribution >= 4 is 11.3 Å². The molecule has 0 aliphatic carbocycles. The lowest BCUT2D eigenvalue weighted by molar-refractivity contribution is -0.204. The zero-order valence-corrected chi connectivity index (χ0v) is 16.9. The summed E-state index contributed by atoms with van der Waals surface area (Å²) in [6.07, 6.45) is 10.4. The number of hydrogen-bond donors (Lipinski definition) is 0. The van der Waals surface area contributed by atoms with Crippen LogP contribution in [-0.2, 0) is 15.9 Å². The summed E-state index contributed by atoms with van der Waals surface area (Å²) >= 11 is 1.75. The molecule has 3 nitrogen and oxygen atoms in total. The molecule has 2 aromatic heterocycles. The van der Waals surface area contributed by atoms with E-state index in [1.54, 1.807) is 11.3 Å². The lowest BCUT2D eigenvalue weighted by atomic mass is 10.0. The minimum atomic E-state index is -0.201. The van der Waals surface area contributed by atoms with Crippen LogP contribution in [0.5, 0.6) is 0 Å². The van der Waals surface area contributed by atoms with E-state index in [1.165, 1.54) is 42.5 Å². The number of aryl methyl sites for hydroxylation is 1. The number of pyridine rings is 1. The topological polar surface area (TPSA) is 31.4 Å². The molecule has 0 N–H and O–H groups in total. The van der Waals surface area contributed by atoms with Crippen molar-refractivity contribution in [1.29, 1.82) is 0 Å². The number of unbranched alkanes of at least 4 members (excludes halogenated alkanes) is 3. The average molecular weight is 374 g/mol. The van der Waals surface area contributed by atoms with Crippen molar-refractivity contribution in [3.63, 3.8) is 0 Å². The van der Waals surface area contributed by atoms with Crippen LogP contribution in [0.1, 0.15) is 69.2 Å². The molecule has 3 rings (SSSR count). The minimum absolute atomic E-state index is 0.201. The average Bonchev–Trinajstić information content (AvgIpc) is 3.17. The van der Waals surface area contributed by atoms with Gasteiger partial charge in [0.15, 0.2) is 6.29 Å². The number of nitrogens with zero attached hydrogens (tertiary/aromatic N) is 1. The molecule has 0 aromatic carbocycles. The number of rotatable bonds is 9. The third-order valence-electron chi connectivity index (χ3n) is 4.91. The molecule has 0 spiro atoms. The summed E-state index contributed by atoms with van der Waals surface area (Å²) in [5.74, 6) is 0.554. The molecule has 0 amide bonds. The highest BCUT2D eigenvalue weighted by molar-refractivity contribution is 7.15. The first-order valence-electron chi connectivity index (χ1n) is 10.1. The fourth-order valence-electron chi connectivity index (χ4n) is 3.34. The summed E-state index contributed by atoms with van der Waals surface area (Å²) in [6.45, 7) is 6.07. The van der Waals surface area contributed by atoms with Crippen LogP contribution in [0.4, 0.5) is 0 Å². The summed E-state index contributed by atoms with van der Waals surface area (Å²) in [5.41, 5.74) is 2.34. The number of ether oxygens (including phenoxy) is 2. The maximum Gasteiger partial charge on any atom is 0.193 e. The van der Waals surface area contributed by atoms with Gasteiger partial charge >= 0.3 is 0 Å². The van der Waals surface area contributed by atoms with E-state index in [-0.39, 0.29) is 6.29 Å². The Morgan fingerprint density at radius 3 is 2.54 bits per heavy atom. The lowest BCUT2D eigenvalue weighted by Crippen LogP contribution is -2.26. The molecule has 1 saturated heterocycles. The van der Waals surface area contributed by atoms with E-state index in [0.29, 0.717) is 5.92 Å². The van der Waals surface area contributed by atoms with Crippen LogP contribution in [-0.4, -0.2) is 18.2 Å². The Hall–Kier alpha value is -1.23. The Labute approximate surface area is 161 Å².